The number of nitrogens with zero attached hydrogens (tertiary/aromatic N) is 1. The maximum absolute atomic E-state index is 11.9. The van der Waals surface area contributed by atoms with Gasteiger partial charge in [0.05, 0.1) is 5.60 Å². The lowest BCUT2D eigenvalue weighted by molar-refractivity contribution is 0.0429. The standard InChI is InChI=1S/C15H24N2O3/c1-11(2)5-7-15(3,20)10-16-14(19)12-6-8-17(4)13(18)9-12/h6,8-9,11,20H,5,7,10H2,1-4H3,(H,16,19). The molecule has 1 heterocycles. The Morgan fingerprint density at radius 2 is 2.15 bits per heavy atom. The molecule has 0 bridgehead atoms. The van der Waals surface area contributed by atoms with Gasteiger partial charge in [-0.15, -0.1) is 0 Å². The van der Waals surface area contributed by atoms with Gasteiger partial charge < -0.3 is 15.0 Å². The second-order valence-electron chi connectivity index (χ2n) is 5.98. The van der Waals surface area contributed by atoms with Gasteiger partial charge in [-0.25, -0.2) is 0 Å². The average molecular weight is 280 g/mol. The molecule has 5 heteroatoms. The summed E-state index contributed by atoms with van der Waals surface area (Å²) in [4.78, 5) is 23.4. The van der Waals surface area contributed by atoms with Crippen LogP contribution < -0.4 is 10.9 Å². The fourth-order valence-electron chi connectivity index (χ4n) is 1.75. The zero-order valence-corrected chi connectivity index (χ0v) is 12.6. The zero-order valence-electron chi connectivity index (χ0n) is 12.6. The first-order chi connectivity index (χ1) is 9.21. The van der Waals surface area contributed by atoms with Gasteiger partial charge in [0.15, 0.2) is 0 Å². The molecule has 1 unspecified atom stereocenters. The molecule has 2 N–H and O–H groups in total. The molecule has 1 amide bonds. The smallest absolute Gasteiger partial charge is 0.251 e. The third kappa shape index (κ3) is 5.17. The second kappa shape index (κ2) is 6.70. The number of aromatic nitrogens is 1. The number of hydrogen-bond donors (Lipinski definition) is 2. The van der Waals surface area contributed by atoms with Gasteiger partial charge in [-0.05, 0) is 31.7 Å². The SMILES string of the molecule is CC(C)CCC(C)(O)CNC(=O)c1ccn(C)c(=O)c1. The summed E-state index contributed by atoms with van der Waals surface area (Å²) >= 11 is 0. The van der Waals surface area contributed by atoms with E-state index in [0.29, 0.717) is 17.9 Å². The number of rotatable bonds is 6. The lowest BCUT2D eigenvalue weighted by Gasteiger charge is -2.24. The van der Waals surface area contributed by atoms with Crippen molar-refractivity contribution in [2.45, 2.75) is 39.2 Å². The van der Waals surface area contributed by atoms with Crippen LogP contribution in [0.1, 0.15) is 44.0 Å². The van der Waals surface area contributed by atoms with Crippen LogP contribution in [0.2, 0.25) is 0 Å². The highest BCUT2D eigenvalue weighted by Crippen LogP contribution is 2.15. The van der Waals surface area contributed by atoms with Crippen LogP contribution in [0.25, 0.3) is 0 Å². The molecule has 0 saturated carbocycles. The Hall–Kier alpha value is -1.62. The van der Waals surface area contributed by atoms with Gasteiger partial charge in [0, 0.05) is 31.4 Å². The molecule has 0 saturated heterocycles. The molecule has 1 aromatic rings. The molecule has 0 aliphatic rings. The predicted octanol–water partition coefficient (Wildman–Crippen LogP) is 1.30. The number of nitrogens with one attached hydrogen (secondary N) is 1. The largest absolute Gasteiger partial charge is 0.388 e. The number of carbonyl (C=O) groups excluding carboxylic acids is 1. The predicted molar refractivity (Wildman–Crippen MR) is 78.7 cm³/mol. The molecular weight excluding hydrogens is 256 g/mol. The molecule has 0 aliphatic carbocycles. The Bertz CT molecular complexity index is 518. The minimum atomic E-state index is -0.931. The molecular formula is C15H24N2O3. The number of pyridine rings is 1. The summed E-state index contributed by atoms with van der Waals surface area (Å²) in [6.45, 7) is 6.07. The minimum Gasteiger partial charge on any atom is -0.388 e. The van der Waals surface area contributed by atoms with Gasteiger partial charge in [-0.2, -0.15) is 0 Å². The summed E-state index contributed by atoms with van der Waals surface area (Å²) in [6, 6.07) is 2.87. The minimum absolute atomic E-state index is 0.174. The summed E-state index contributed by atoms with van der Waals surface area (Å²) in [6.07, 6.45) is 3.07. The van der Waals surface area contributed by atoms with Crippen LogP contribution in [0.15, 0.2) is 23.1 Å². The summed E-state index contributed by atoms with van der Waals surface area (Å²) in [5.74, 6) is 0.168. The fraction of sp³-hybridized carbons (Fsp3) is 0.600. The van der Waals surface area contributed by atoms with Crippen LogP contribution in [0.3, 0.4) is 0 Å². The van der Waals surface area contributed by atoms with Crippen molar-refractivity contribution in [2.24, 2.45) is 13.0 Å². The van der Waals surface area contributed by atoms with E-state index in [9.17, 15) is 14.7 Å². The topological polar surface area (TPSA) is 71.3 Å². The zero-order chi connectivity index (χ0) is 15.3. The average Bonchev–Trinajstić information content (AvgIpc) is 2.37. The molecule has 0 fully saturated rings. The van der Waals surface area contributed by atoms with Crippen molar-refractivity contribution >= 4 is 5.91 Å². The number of aliphatic hydroxyl groups is 1. The van der Waals surface area contributed by atoms with E-state index >= 15 is 0 Å². The quantitative estimate of drug-likeness (QED) is 0.825. The van der Waals surface area contributed by atoms with E-state index in [2.05, 4.69) is 19.2 Å². The highest BCUT2D eigenvalue weighted by atomic mass is 16.3. The van der Waals surface area contributed by atoms with Crippen LogP contribution >= 0.6 is 0 Å². The van der Waals surface area contributed by atoms with E-state index in [1.54, 1.807) is 26.2 Å². The van der Waals surface area contributed by atoms with Gasteiger partial charge in [-0.3, -0.25) is 9.59 Å². The van der Waals surface area contributed by atoms with E-state index in [4.69, 9.17) is 0 Å². The maximum atomic E-state index is 11.9. The van der Waals surface area contributed by atoms with Crippen molar-refractivity contribution in [1.29, 1.82) is 0 Å². The van der Waals surface area contributed by atoms with E-state index < -0.39 is 5.60 Å². The lowest BCUT2D eigenvalue weighted by Crippen LogP contribution is -2.41. The monoisotopic (exact) mass is 280 g/mol. The summed E-state index contributed by atoms with van der Waals surface area (Å²) in [5.41, 5.74) is -0.850. The van der Waals surface area contributed by atoms with Gasteiger partial charge in [0.2, 0.25) is 0 Å². The Balaban J connectivity index is 2.58. The van der Waals surface area contributed by atoms with E-state index in [0.717, 1.165) is 6.42 Å². The number of aryl methyl sites for hydroxylation is 1. The van der Waals surface area contributed by atoms with Crippen molar-refractivity contribution in [2.75, 3.05) is 6.54 Å². The normalized spacial score (nSPS) is 14.1. The van der Waals surface area contributed by atoms with Crippen molar-refractivity contribution in [3.05, 3.63) is 34.2 Å². The third-order valence-electron chi connectivity index (χ3n) is 3.26. The van der Waals surface area contributed by atoms with Crippen molar-refractivity contribution < 1.29 is 9.90 Å². The highest BCUT2D eigenvalue weighted by Gasteiger charge is 2.21. The molecule has 0 aliphatic heterocycles. The summed E-state index contributed by atoms with van der Waals surface area (Å²) < 4.78 is 1.40. The van der Waals surface area contributed by atoms with Crippen LogP contribution in [-0.4, -0.2) is 27.7 Å². The van der Waals surface area contributed by atoms with E-state index in [1.165, 1.54) is 10.6 Å². The Kier molecular flexibility index (Phi) is 5.51. The Morgan fingerprint density at radius 1 is 1.50 bits per heavy atom. The van der Waals surface area contributed by atoms with Crippen LogP contribution in [0.4, 0.5) is 0 Å². The lowest BCUT2D eigenvalue weighted by atomic mass is 9.95. The van der Waals surface area contributed by atoms with Gasteiger partial charge in [-0.1, -0.05) is 13.8 Å². The van der Waals surface area contributed by atoms with Crippen LogP contribution in [-0.2, 0) is 7.05 Å². The molecule has 1 rings (SSSR count). The highest BCUT2D eigenvalue weighted by molar-refractivity contribution is 5.94. The second-order valence-corrected chi connectivity index (χ2v) is 5.98. The Labute approximate surface area is 119 Å². The third-order valence-corrected chi connectivity index (χ3v) is 3.26. The molecule has 0 aromatic carbocycles. The van der Waals surface area contributed by atoms with E-state index in [1.807, 2.05) is 0 Å². The maximum Gasteiger partial charge on any atom is 0.251 e. The first-order valence-corrected chi connectivity index (χ1v) is 6.88. The number of carbonyl (C=O) groups is 1. The molecule has 1 atom stereocenters. The Morgan fingerprint density at radius 3 is 2.70 bits per heavy atom. The fourth-order valence-corrected chi connectivity index (χ4v) is 1.75. The molecule has 112 valence electrons. The van der Waals surface area contributed by atoms with Crippen molar-refractivity contribution in [1.82, 2.24) is 9.88 Å². The molecule has 0 spiro atoms. The van der Waals surface area contributed by atoms with Crippen LogP contribution in [0, 0.1) is 5.92 Å². The van der Waals surface area contributed by atoms with Crippen molar-refractivity contribution in [3.63, 3.8) is 0 Å². The van der Waals surface area contributed by atoms with Gasteiger partial charge >= 0.3 is 0 Å². The number of hydrogen-bond acceptors (Lipinski definition) is 3. The molecule has 5 nitrogen and oxygen atoms in total. The van der Waals surface area contributed by atoms with E-state index in [-0.39, 0.29) is 18.0 Å². The van der Waals surface area contributed by atoms with Crippen molar-refractivity contribution in [3.8, 4) is 0 Å². The summed E-state index contributed by atoms with van der Waals surface area (Å²) in [5, 5.41) is 12.8. The molecule has 1 aromatic heterocycles. The first kappa shape index (κ1) is 16.4. The first-order valence-electron chi connectivity index (χ1n) is 6.88. The van der Waals surface area contributed by atoms with Gasteiger partial charge in [0.25, 0.3) is 11.5 Å². The molecule has 20 heavy (non-hydrogen) atoms. The van der Waals surface area contributed by atoms with Crippen LogP contribution in [0.5, 0.6) is 0 Å². The molecule has 0 radical (unpaired) electrons. The van der Waals surface area contributed by atoms with Gasteiger partial charge in [0.1, 0.15) is 0 Å². The summed E-state index contributed by atoms with van der Waals surface area (Å²) in [7, 11) is 1.63. The number of amides is 1.